The van der Waals surface area contributed by atoms with E-state index in [0.29, 0.717) is 23.1 Å². The Kier molecular flexibility index (Phi) is 3.71. The van der Waals surface area contributed by atoms with Crippen LogP contribution in [0.25, 0.3) is 0 Å². The van der Waals surface area contributed by atoms with Crippen LogP contribution in [0.4, 0.5) is 17.6 Å². The summed E-state index contributed by atoms with van der Waals surface area (Å²) in [5, 5.41) is 1.72. The Morgan fingerprint density at radius 1 is 1.16 bits per heavy atom. The van der Waals surface area contributed by atoms with Crippen LogP contribution < -0.4 is 0 Å². The third-order valence-corrected chi connectivity index (χ3v) is 3.44. The summed E-state index contributed by atoms with van der Waals surface area (Å²) >= 11 is 1.24. The fraction of sp³-hybridized carbons (Fsp3) is 0.154. The van der Waals surface area contributed by atoms with Crippen LogP contribution >= 0.6 is 11.3 Å². The summed E-state index contributed by atoms with van der Waals surface area (Å²) in [6, 6.07) is 4.48. The predicted molar refractivity (Wildman–Crippen MR) is 63.9 cm³/mol. The molecule has 2 aromatic rings. The molecule has 0 fully saturated rings. The lowest BCUT2D eigenvalue weighted by atomic mass is 10.0. The summed E-state index contributed by atoms with van der Waals surface area (Å²) in [4.78, 5) is 11.0. The summed E-state index contributed by atoms with van der Waals surface area (Å²) in [5.41, 5.74) is -0.0674. The molecule has 1 aromatic carbocycles. The van der Waals surface area contributed by atoms with Gasteiger partial charge in [-0.15, -0.1) is 11.3 Å². The molecule has 19 heavy (non-hydrogen) atoms. The van der Waals surface area contributed by atoms with E-state index in [2.05, 4.69) is 0 Å². The molecule has 0 aliphatic rings. The van der Waals surface area contributed by atoms with Crippen LogP contribution in [-0.4, -0.2) is 6.29 Å². The number of thiophene rings is 1. The SMILES string of the molecule is O=Cc1cc(Cc2ccc(C(F)(F)F)c(F)c2)cs1. The largest absolute Gasteiger partial charge is 0.419 e. The molecule has 0 saturated carbocycles. The number of hydrogen-bond donors (Lipinski definition) is 0. The molecule has 2 rings (SSSR count). The van der Waals surface area contributed by atoms with Crippen molar-refractivity contribution in [3.05, 3.63) is 57.0 Å². The maximum absolute atomic E-state index is 13.3. The molecule has 6 heteroatoms. The van der Waals surface area contributed by atoms with Crippen molar-refractivity contribution in [2.45, 2.75) is 12.6 Å². The van der Waals surface area contributed by atoms with Gasteiger partial charge in [0.2, 0.25) is 0 Å². The van der Waals surface area contributed by atoms with Crippen LogP contribution in [-0.2, 0) is 12.6 Å². The number of halogens is 4. The molecule has 0 aliphatic heterocycles. The van der Waals surface area contributed by atoms with Gasteiger partial charge in [-0.2, -0.15) is 13.2 Å². The van der Waals surface area contributed by atoms with E-state index in [9.17, 15) is 22.4 Å². The van der Waals surface area contributed by atoms with Crippen molar-refractivity contribution in [3.63, 3.8) is 0 Å². The summed E-state index contributed by atoms with van der Waals surface area (Å²) < 4.78 is 50.5. The number of hydrogen-bond acceptors (Lipinski definition) is 2. The molecule has 1 nitrogen and oxygen atoms in total. The quantitative estimate of drug-likeness (QED) is 0.607. The number of carbonyl (C=O) groups is 1. The molecule has 100 valence electrons. The molecule has 1 aromatic heterocycles. The highest BCUT2D eigenvalue weighted by molar-refractivity contribution is 7.11. The fourth-order valence-electron chi connectivity index (χ4n) is 1.68. The first kappa shape index (κ1) is 13.7. The molecule has 0 bridgehead atoms. The molecule has 0 amide bonds. The molecule has 0 aliphatic carbocycles. The Hall–Kier alpha value is -1.69. The van der Waals surface area contributed by atoms with E-state index in [-0.39, 0.29) is 0 Å². The molecule has 0 spiro atoms. The van der Waals surface area contributed by atoms with Crippen LogP contribution in [0.1, 0.15) is 26.4 Å². The van der Waals surface area contributed by atoms with Crippen LogP contribution in [0.3, 0.4) is 0 Å². The zero-order chi connectivity index (χ0) is 14.0. The van der Waals surface area contributed by atoms with E-state index in [1.165, 1.54) is 17.4 Å². The molecule has 0 atom stereocenters. The molecular weight excluding hydrogens is 280 g/mol. The first-order chi connectivity index (χ1) is 8.90. The molecule has 0 radical (unpaired) electrons. The van der Waals surface area contributed by atoms with Gasteiger partial charge in [0.1, 0.15) is 5.82 Å². The Morgan fingerprint density at radius 3 is 2.42 bits per heavy atom. The average Bonchev–Trinajstić information content (AvgIpc) is 2.75. The number of rotatable bonds is 3. The Labute approximate surface area is 110 Å². The van der Waals surface area contributed by atoms with E-state index >= 15 is 0 Å². The minimum Gasteiger partial charge on any atom is -0.297 e. The summed E-state index contributed by atoms with van der Waals surface area (Å²) in [5.74, 6) is -1.28. The fourth-order valence-corrected chi connectivity index (χ4v) is 2.40. The summed E-state index contributed by atoms with van der Waals surface area (Å²) in [6.45, 7) is 0. The Bertz CT molecular complexity index is 601. The summed E-state index contributed by atoms with van der Waals surface area (Å²) in [7, 11) is 0. The molecule has 0 N–H and O–H groups in total. The summed E-state index contributed by atoms with van der Waals surface area (Å²) in [6.07, 6.45) is -3.70. The Morgan fingerprint density at radius 2 is 1.89 bits per heavy atom. The van der Waals surface area contributed by atoms with Gasteiger partial charge < -0.3 is 0 Å². The molecule has 0 unspecified atom stereocenters. The smallest absolute Gasteiger partial charge is 0.297 e. The van der Waals surface area contributed by atoms with Crippen molar-refractivity contribution in [1.82, 2.24) is 0 Å². The third-order valence-electron chi connectivity index (χ3n) is 2.54. The van der Waals surface area contributed by atoms with Gasteiger partial charge in [0, 0.05) is 0 Å². The third kappa shape index (κ3) is 3.20. The highest BCUT2D eigenvalue weighted by Gasteiger charge is 2.33. The average molecular weight is 288 g/mol. The molecule has 0 saturated heterocycles. The van der Waals surface area contributed by atoms with Crippen LogP contribution in [0.15, 0.2) is 29.6 Å². The number of benzene rings is 1. The topological polar surface area (TPSA) is 17.1 Å². The van der Waals surface area contributed by atoms with Gasteiger partial charge in [0.25, 0.3) is 0 Å². The molecular formula is C13H8F4OS. The lowest BCUT2D eigenvalue weighted by Crippen LogP contribution is -2.08. The molecule has 1 heterocycles. The number of aldehydes is 1. The van der Waals surface area contributed by atoms with Crippen molar-refractivity contribution in [3.8, 4) is 0 Å². The van der Waals surface area contributed by atoms with E-state index in [4.69, 9.17) is 0 Å². The minimum atomic E-state index is -4.68. The second-order valence-electron chi connectivity index (χ2n) is 3.96. The van der Waals surface area contributed by atoms with Crippen molar-refractivity contribution >= 4 is 17.6 Å². The maximum Gasteiger partial charge on any atom is 0.419 e. The van der Waals surface area contributed by atoms with Gasteiger partial charge >= 0.3 is 6.18 Å². The van der Waals surface area contributed by atoms with Crippen LogP contribution in [0.2, 0.25) is 0 Å². The van der Waals surface area contributed by atoms with Crippen LogP contribution in [0.5, 0.6) is 0 Å². The first-order valence-corrected chi connectivity index (χ1v) is 6.16. The highest BCUT2D eigenvalue weighted by atomic mass is 32.1. The van der Waals surface area contributed by atoms with Crippen LogP contribution in [0, 0.1) is 5.82 Å². The second kappa shape index (κ2) is 5.13. The predicted octanol–water partition coefficient (Wildman–Crippen LogP) is 4.31. The maximum atomic E-state index is 13.3. The second-order valence-corrected chi connectivity index (χ2v) is 4.91. The van der Waals surface area contributed by atoms with E-state index in [1.807, 2.05) is 0 Å². The van der Waals surface area contributed by atoms with Gasteiger partial charge in [-0.3, -0.25) is 4.79 Å². The lowest BCUT2D eigenvalue weighted by Gasteiger charge is -2.09. The first-order valence-electron chi connectivity index (χ1n) is 5.28. The van der Waals surface area contributed by atoms with Crippen molar-refractivity contribution in [2.75, 3.05) is 0 Å². The van der Waals surface area contributed by atoms with Gasteiger partial charge in [0.05, 0.1) is 10.4 Å². The van der Waals surface area contributed by atoms with Crippen molar-refractivity contribution in [1.29, 1.82) is 0 Å². The van der Waals surface area contributed by atoms with Gasteiger partial charge in [-0.05, 0) is 41.1 Å². The standard InChI is InChI=1S/C13H8F4OS/c14-12-5-8(1-2-11(12)13(15,16)17)3-9-4-10(6-18)19-7-9/h1-2,4-7H,3H2. The van der Waals surface area contributed by atoms with E-state index < -0.39 is 17.6 Å². The highest BCUT2D eigenvalue weighted by Crippen LogP contribution is 2.32. The lowest BCUT2D eigenvalue weighted by molar-refractivity contribution is -0.140. The van der Waals surface area contributed by atoms with Gasteiger partial charge in [-0.1, -0.05) is 6.07 Å². The number of alkyl halides is 3. The zero-order valence-corrected chi connectivity index (χ0v) is 10.3. The van der Waals surface area contributed by atoms with E-state index in [0.717, 1.165) is 17.7 Å². The minimum absolute atomic E-state index is 0.291. The van der Waals surface area contributed by atoms with Gasteiger partial charge in [-0.25, -0.2) is 4.39 Å². The Balaban J connectivity index is 2.23. The van der Waals surface area contributed by atoms with Crippen molar-refractivity contribution in [2.24, 2.45) is 0 Å². The zero-order valence-electron chi connectivity index (χ0n) is 9.50. The number of carbonyl (C=O) groups excluding carboxylic acids is 1. The van der Waals surface area contributed by atoms with Gasteiger partial charge in [0.15, 0.2) is 6.29 Å². The normalized spacial score (nSPS) is 11.6. The monoisotopic (exact) mass is 288 g/mol. The van der Waals surface area contributed by atoms with E-state index in [1.54, 1.807) is 11.4 Å². The van der Waals surface area contributed by atoms with Crippen molar-refractivity contribution < 1.29 is 22.4 Å².